The van der Waals surface area contributed by atoms with Gasteiger partial charge in [0.05, 0.1) is 10.6 Å². The molecule has 0 aliphatic heterocycles. The van der Waals surface area contributed by atoms with Crippen LogP contribution >= 0.6 is 0 Å². The summed E-state index contributed by atoms with van der Waals surface area (Å²) in [5, 5.41) is 16.6. The SMILES string of the molecule is O=[N+]([O-])c1c(NCc2ccc(F)cc2)ncnc1Nc1cc(F)ccc1F. The van der Waals surface area contributed by atoms with E-state index in [1.165, 1.54) is 24.3 Å². The Morgan fingerprint density at radius 2 is 1.63 bits per heavy atom. The second kappa shape index (κ2) is 7.68. The van der Waals surface area contributed by atoms with Gasteiger partial charge >= 0.3 is 5.69 Å². The lowest BCUT2D eigenvalue weighted by Crippen LogP contribution is -2.08. The monoisotopic (exact) mass is 375 g/mol. The quantitative estimate of drug-likeness (QED) is 0.496. The Morgan fingerprint density at radius 1 is 0.963 bits per heavy atom. The number of nitrogens with one attached hydrogen (secondary N) is 2. The molecule has 3 aromatic rings. The number of nitrogens with zero attached hydrogens (tertiary/aromatic N) is 3. The Labute approximate surface area is 151 Å². The van der Waals surface area contributed by atoms with Crippen LogP contribution in [-0.4, -0.2) is 14.9 Å². The van der Waals surface area contributed by atoms with Crippen LogP contribution in [0.25, 0.3) is 0 Å². The summed E-state index contributed by atoms with van der Waals surface area (Å²) >= 11 is 0. The molecule has 0 aliphatic rings. The minimum atomic E-state index is -0.801. The first kappa shape index (κ1) is 18.1. The molecule has 0 radical (unpaired) electrons. The van der Waals surface area contributed by atoms with Gasteiger partial charge in [0.15, 0.2) is 0 Å². The number of aromatic nitrogens is 2. The van der Waals surface area contributed by atoms with Gasteiger partial charge in [-0.2, -0.15) is 0 Å². The molecule has 27 heavy (non-hydrogen) atoms. The summed E-state index contributed by atoms with van der Waals surface area (Å²) in [5.74, 6) is -2.36. The van der Waals surface area contributed by atoms with E-state index in [0.717, 1.165) is 24.5 Å². The van der Waals surface area contributed by atoms with Crippen molar-refractivity contribution >= 4 is 23.0 Å². The molecule has 2 N–H and O–H groups in total. The average molecular weight is 375 g/mol. The number of rotatable bonds is 6. The third-order valence-electron chi connectivity index (χ3n) is 3.56. The lowest BCUT2D eigenvalue weighted by atomic mass is 10.2. The van der Waals surface area contributed by atoms with Crippen LogP contribution in [0.3, 0.4) is 0 Å². The number of hydrogen-bond donors (Lipinski definition) is 2. The molecule has 0 aliphatic carbocycles. The van der Waals surface area contributed by atoms with Crippen LogP contribution in [0.1, 0.15) is 5.56 Å². The molecule has 0 unspecified atom stereocenters. The van der Waals surface area contributed by atoms with Crippen LogP contribution in [0.15, 0.2) is 48.8 Å². The first-order valence-corrected chi connectivity index (χ1v) is 7.64. The molecular weight excluding hydrogens is 363 g/mol. The number of hydrogen-bond acceptors (Lipinski definition) is 6. The van der Waals surface area contributed by atoms with Crippen LogP contribution in [0.4, 0.5) is 36.2 Å². The Morgan fingerprint density at radius 3 is 2.33 bits per heavy atom. The van der Waals surface area contributed by atoms with E-state index in [-0.39, 0.29) is 23.9 Å². The topological polar surface area (TPSA) is 93.0 Å². The Hall–Kier alpha value is -3.69. The summed E-state index contributed by atoms with van der Waals surface area (Å²) in [7, 11) is 0. The fourth-order valence-corrected chi connectivity index (χ4v) is 2.28. The van der Waals surface area contributed by atoms with Gasteiger partial charge in [0, 0.05) is 12.6 Å². The first-order chi connectivity index (χ1) is 12.9. The van der Waals surface area contributed by atoms with Crippen LogP contribution in [-0.2, 0) is 6.54 Å². The molecule has 0 atom stereocenters. The summed E-state index contributed by atoms with van der Waals surface area (Å²) in [6.07, 6.45) is 1.04. The summed E-state index contributed by atoms with van der Waals surface area (Å²) in [6.45, 7) is 0.131. The van der Waals surface area contributed by atoms with E-state index in [1.54, 1.807) is 0 Å². The van der Waals surface area contributed by atoms with Gasteiger partial charge in [-0.05, 0) is 29.8 Å². The van der Waals surface area contributed by atoms with E-state index >= 15 is 0 Å². The largest absolute Gasteiger partial charge is 0.360 e. The molecule has 3 rings (SSSR count). The van der Waals surface area contributed by atoms with E-state index in [1.807, 2.05) is 0 Å². The molecule has 1 heterocycles. The summed E-state index contributed by atoms with van der Waals surface area (Å²) in [5.41, 5.74) is -0.181. The third-order valence-corrected chi connectivity index (χ3v) is 3.56. The predicted octanol–water partition coefficient (Wildman–Crippen LogP) is 4.16. The fraction of sp³-hybridized carbons (Fsp3) is 0.0588. The molecule has 7 nitrogen and oxygen atoms in total. The maximum Gasteiger partial charge on any atom is 0.353 e. The van der Waals surface area contributed by atoms with Crippen molar-refractivity contribution in [3.05, 3.63) is 81.9 Å². The van der Waals surface area contributed by atoms with E-state index in [2.05, 4.69) is 20.6 Å². The van der Waals surface area contributed by atoms with E-state index < -0.39 is 28.1 Å². The standard InChI is InChI=1S/C17H12F3N5O2/c18-11-3-1-10(2-4-11)8-21-16-15(25(26)27)17(23-9-22-16)24-14-7-12(19)5-6-13(14)20/h1-7,9H,8H2,(H2,21,22,23,24). The molecule has 0 saturated heterocycles. The second-order valence-electron chi connectivity index (χ2n) is 5.41. The van der Waals surface area contributed by atoms with Crippen molar-refractivity contribution < 1.29 is 18.1 Å². The summed E-state index contributed by atoms with van der Waals surface area (Å²) in [6, 6.07) is 8.19. The maximum absolute atomic E-state index is 13.8. The van der Waals surface area contributed by atoms with Gasteiger partial charge in [-0.1, -0.05) is 12.1 Å². The van der Waals surface area contributed by atoms with Gasteiger partial charge in [-0.3, -0.25) is 10.1 Å². The van der Waals surface area contributed by atoms with Crippen molar-refractivity contribution in [3.63, 3.8) is 0 Å². The smallest absolute Gasteiger partial charge is 0.353 e. The summed E-state index contributed by atoms with van der Waals surface area (Å²) < 4.78 is 40.1. The van der Waals surface area contributed by atoms with Gasteiger partial charge in [0.2, 0.25) is 11.6 Å². The molecule has 1 aromatic heterocycles. The van der Waals surface area contributed by atoms with Crippen molar-refractivity contribution in [2.75, 3.05) is 10.6 Å². The van der Waals surface area contributed by atoms with Crippen LogP contribution in [0.5, 0.6) is 0 Å². The average Bonchev–Trinajstić information content (AvgIpc) is 2.64. The number of halogens is 3. The molecule has 0 bridgehead atoms. The van der Waals surface area contributed by atoms with E-state index in [9.17, 15) is 23.3 Å². The highest BCUT2D eigenvalue weighted by molar-refractivity contribution is 5.73. The van der Waals surface area contributed by atoms with Crippen molar-refractivity contribution in [1.82, 2.24) is 9.97 Å². The summed E-state index contributed by atoms with van der Waals surface area (Å²) in [4.78, 5) is 18.3. The van der Waals surface area contributed by atoms with E-state index in [4.69, 9.17) is 0 Å². The molecule has 0 spiro atoms. The van der Waals surface area contributed by atoms with Gasteiger partial charge in [-0.25, -0.2) is 23.1 Å². The Kier molecular flexibility index (Phi) is 5.15. The molecule has 138 valence electrons. The molecule has 0 amide bonds. The van der Waals surface area contributed by atoms with Gasteiger partial charge in [0.1, 0.15) is 23.8 Å². The zero-order valence-electron chi connectivity index (χ0n) is 13.6. The number of benzene rings is 2. The lowest BCUT2D eigenvalue weighted by molar-refractivity contribution is -0.383. The first-order valence-electron chi connectivity index (χ1n) is 7.64. The third kappa shape index (κ3) is 4.29. The Bertz CT molecular complexity index is 983. The normalized spacial score (nSPS) is 10.5. The van der Waals surface area contributed by atoms with Gasteiger partial charge in [-0.15, -0.1) is 0 Å². The zero-order valence-corrected chi connectivity index (χ0v) is 13.6. The molecule has 0 fully saturated rings. The minimum Gasteiger partial charge on any atom is -0.360 e. The second-order valence-corrected chi connectivity index (χ2v) is 5.41. The number of nitro groups is 1. The Balaban J connectivity index is 1.89. The molecular formula is C17H12F3N5O2. The van der Waals surface area contributed by atoms with Gasteiger partial charge in [0.25, 0.3) is 0 Å². The highest BCUT2D eigenvalue weighted by Crippen LogP contribution is 2.32. The lowest BCUT2D eigenvalue weighted by Gasteiger charge is -2.11. The van der Waals surface area contributed by atoms with Crippen LogP contribution in [0.2, 0.25) is 0 Å². The van der Waals surface area contributed by atoms with Crippen LogP contribution in [0, 0.1) is 27.6 Å². The molecule has 10 heteroatoms. The molecule has 0 saturated carbocycles. The highest BCUT2D eigenvalue weighted by atomic mass is 19.1. The fourth-order valence-electron chi connectivity index (χ4n) is 2.28. The maximum atomic E-state index is 13.8. The van der Waals surface area contributed by atoms with Crippen LogP contribution < -0.4 is 10.6 Å². The number of anilines is 3. The highest BCUT2D eigenvalue weighted by Gasteiger charge is 2.23. The van der Waals surface area contributed by atoms with Crippen molar-refractivity contribution in [1.29, 1.82) is 0 Å². The van der Waals surface area contributed by atoms with Gasteiger partial charge < -0.3 is 10.6 Å². The van der Waals surface area contributed by atoms with Crippen molar-refractivity contribution in [2.45, 2.75) is 6.54 Å². The minimum absolute atomic E-state index is 0.126. The van der Waals surface area contributed by atoms with Crippen molar-refractivity contribution in [2.24, 2.45) is 0 Å². The zero-order chi connectivity index (χ0) is 19.4. The van der Waals surface area contributed by atoms with Crippen molar-refractivity contribution in [3.8, 4) is 0 Å². The predicted molar refractivity (Wildman–Crippen MR) is 92.1 cm³/mol. The molecule has 2 aromatic carbocycles. The van der Waals surface area contributed by atoms with E-state index in [0.29, 0.717) is 5.56 Å².